The average molecular weight is 416 g/mol. The fourth-order valence-electron chi connectivity index (χ4n) is 1.71. The predicted octanol–water partition coefficient (Wildman–Crippen LogP) is 3.16. The molecule has 0 aliphatic carbocycles. The minimum absolute atomic E-state index is 0.0405. The van der Waals surface area contributed by atoms with Crippen molar-refractivity contribution in [2.75, 3.05) is 0 Å². The number of pyridine rings is 1. The molecule has 0 N–H and O–H groups in total. The molecule has 108 valence electrons. The number of rotatable bonds is 4. The second kappa shape index (κ2) is 6.31. The highest BCUT2D eigenvalue weighted by molar-refractivity contribution is 9.10. The van der Waals surface area contributed by atoms with Crippen LogP contribution < -0.4 is 5.56 Å². The molecule has 1 heterocycles. The molecule has 2 rings (SSSR count). The van der Waals surface area contributed by atoms with Gasteiger partial charge in [0.05, 0.1) is 22.1 Å². The number of halogens is 2. The SMILES string of the molecule is O=C(Cn1cc([N+](=O)[O-])cc(Br)c1=O)c1cccc(Br)c1. The zero-order valence-corrected chi connectivity index (χ0v) is 13.6. The molecule has 0 fully saturated rings. The number of nitrogens with zero attached hydrogens (tertiary/aromatic N) is 2. The summed E-state index contributed by atoms with van der Waals surface area (Å²) in [5, 5.41) is 10.8. The fraction of sp³-hybridized carbons (Fsp3) is 0.0769. The van der Waals surface area contributed by atoms with Gasteiger partial charge in [-0.15, -0.1) is 0 Å². The molecule has 0 radical (unpaired) electrons. The summed E-state index contributed by atoms with van der Waals surface area (Å²) in [6.07, 6.45) is 1.06. The monoisotopic (exact) mass is 414 g/mol. The van der Waals surface area contributed by atoms with Gasteiger partial charge in [0.25, 0.3) is 11.2 Å². The molecular formula is C13H8Br2N2O4. The van der Waals surface area contributed by atoms with Crippen LogP contribution in [-0.4, -0.2) is 15.3 Å². The topological polar surface area (TPSA) is 82.2 Å². The van der Waals surface area contributed by atoms with Crippen LogP contribution >= 0.6 is 31.9 Å². The number of hydrogen-bond donors (Lipinski definition) is 0. The molecular weight excluding hydrogens is 408 g/mol. The van der Waals surface area contributed by atoms with E-state index in [-0.39, 0.29) is 22.5 Å². The molecule has 0 bridgehead atoms. The minimum Gasteiger partial charge on any atom is -0.300 e. The number of Topliss-reactive ketones (excluding diaryl/α,β-unsaturated/α-hetero) is 1. The fourth-order valence-corrected chi connectivity index (χ4v) is 2.57. The van der Waals surface area contributed by atoms with Gasteiger partial charge in [-0.1, -0.05) is 28.1 Å². The maximum atomic E-state index is 12.1. The Hall–Kier alpha value is -1.80. The van der Waals surface area contributed by atoms with Crippen LogP contribution in [0.1, 0.15) is 10.4 Å². The quantitative estimate of drug-likeness (QED) is 0.436. The number of carbonyl (C=O) groups excluding carboxylic acids is 1. The Morgan fingerprint density at radius 1 is 1.29 bits per heavy atom. The minimum atomic E-state index is -0.621. The second-order valence-corrected chi connectivity index (χ2v) is 5.94. The van der Waals surface area contributed by atoms with Crippen molar-refractivity contribution in [3.8, 4) is 0 Å². The van der Waals surface area contributed by atoms with Crippen molar-refractivity contribution in [1.82, 2.24) is 4.57 Å². The molecule has 0 spiro atoms. The van der Waals surface area contributed by atoms with Gasteiger partial charge < -0.3 is 0 Å². The molecule has 0 unspecified atom stereocenters. The third kappa shape index (κ3) is 3.64. The number of benzene rings is 1. The van der Waals surface area contributed by atoms with Gasteiger partial charge in [-0.2, -0.15) is 0 Å². The van der Waals surface area contributed by atoms with E-state index < -0.39 is 10.5 Å². The van der Waals surface area contributed by atoms with E-state index in [0.29, 0.717) is 5.56 Å². The molecule has 6 nitrogen and oxygen atoms in total. The summed E-state index contributed by atoms with van der Waals surface area (Å²) in [4.78, 5) is 34.2. The smallest absolute Gasteiger partial charge is 0.286 e. The maximum Gasteiger partial charge on any atom is 0.286 e. The predicted molar refractivity (Wildman–Crippen MR) is 83.5 cm³/mol. The Labute approximate surface area is 135 Å². The van der Waals surface area contributed by atoms with Crippen molar-refractivity contribution >= 4 is 43.3 Å². The van der Waals surface area contributed by atoms with E-state index in [2.05, 4.69) is 31.9 Å². The van der Waals surface area contributed by atoms with E-state index in [1.165, 1.54) is 0 Å². The number of aromatic nitrogens is 1. The summed E-state index contributed by atoms with van der Waals surface area (Å²) in [5.74, 6) is -0.314. The standard InChI is InChI=1S/C13H8Br2N2O4/c14-9-3-1-2-8(4-9)12(18)7-16-6-10(17(20)21)5-11(15)13(16)19/h1-6H,7H2. The summed E-state index contributed by atoms with van der Waals surface area (Å²) < 4.78 is 1.80. The first kappa shape index (κ1) is 15.6. The molecule has 2 aromatic rings. The number of carbonyl (C=O) groups is 1. The highest BCUT2D eigenvalue weighted by Gasteiger charge is 2.15. The number of ketones is 1. The summed E-state index contributed by atoms with van der Waals surface area (Å²) >= 11 is 6.22. The lowest BCUT2D eigenvalue weighted by atomic mass is 10.1. The Bertz CT molecular complexity index is 786. The first-order valence-corrected chi connectivity index (χ1v) is 7.30. The first-order chi connectivity index (χ1) is 9.88. The van der Waals surface area contributed by atoms with Crippen LogP contribution in [0.5, 0.6) is 0 Å². The summed E-state index contributed by atoms with van der Waals surface area (Å²) in [5.41, 5.74) is -0.341. The van der Waals surface area contributed by atoms with Crippen LogP contribution in [0, 0.1) is 10.1 Å². The molecule has 0 amide bonds. The third-order valence-electron chi connectivity index (χ3n) is 2.70. The lowest BCUT2D eigenvalue weighted by molar-refractivity contribution is -0.385. The van der Waals surface area contributed by atoms with Crippen molar-refractivity contribution in [3.63, 3.8) is 0 Å². The Kier molecular flexibility index (Phi) is 4.69. The molecule has 0 saturated carbocycles. The van der Waals surface area contributed by atoms with Crippen molar-refractivity contribution in [2.45, 2.75) is 6.54 Å². The second-order valence-electron chi connectivity index (χ2n) is 4.17. The maximum absolute atomic E-state index is 12.1. The van der Waals surface area contributed by atoms with Gasteiger partial charge in [0.15, 0.2) is 5.78 Å². The molecule has 0 saturated heterocycles. The zero-order chi connectivity index (χ0) is 15.6. The van der Waals surface area contributed by atoms with Gasteiger partial charge in [-0.25, -0.2) is 0 Å². The summed E-state index contributed by atoms with van der Waals surface area (Å²) in [6.45, 7) is -0.268. The van der Waals surface area contributed by atoms with Gasteiger partial charge in [-0.05, 0) is 28.1 Å². The van der Waals surface area contributed by atoms with E-state index in [0.717, 1.165) is 21.3 Å². The molecule has 0 aliphatic heterocycles. The van der Waals surface area contributed by atoms with E-state index in [1.807, 2.05) is 0 Å². The van der Waals surface area contributed by atoms with Crippen LogP contribution in [0.3, 0.4) is 0 Å². The lowest BCUT2D eigenvalue weighted by Crippen LogP contribution is -2.24. The van der Waals surface area contributed by atoms with E-state index in [4.69, 9.17) is 0 Å². The average Bonchev–Trinajstić information content (AvgIpc) is 2.43. The summed E-state index contributed by atoms with van der Waals surface area (Å²) in [6, 6.07) is 7.82. The first-order valence-electron chi connectivity index (χ1n) is 5.71. The van der Waals surface area contributed by atoms with Gasteiger partial charge in [0, 0.05) is 16.1 Å². The van der Waals surface area contributed by atoms with Crippen LogP contribution in [0.2, 0.25) is 0 Å². The normalized spacial score (nSPS) is 10.4. The molecule has 1 aromatic heterocycles. The molecule has 0 aliphatic rings. The van der Waals surface area contributed by atoms with Gasteiger partial charge >= 0.3 is 0 Å². The van der Waals surface area contributed by atoms with E-state index in [9.17, 15) is 19.7 Å². The zero-order valence-electron chi connectivity index (χ0n) is 10.5. The Morgan fingerprint density at radius 2 is 2.00 bits per heavy atom. The van der Waals surface area contributed by atoms with Crippen LogP contribution in [0.25, 0.3) is 0 Å². The van der Waals surface area contributed by atoms with Gasteiger partial charge in [-0.3, -0.25) is 24.3 Å². The molecule has 1 aromatic carbocycles. The van der Waals surface area contributed by atoms with Crippen molar-refractivity contribution < 1.29 is 9.72 Å². The van der Waals surface area contributed by atoms with E-state index in [1.54, 1.807) is 24.3 Å². The van der Waals surface area contributed by atoms with Crippen molar-refractivity contribution in [2.24, 2.45) is 0 Å². The van der Waals surface area contributed by atoms with Crippen LogP contribution in [-0.2, 0) is 6.54 Å². The molecule has 21 heavy (non-hydrogen) atoms. The number of nitro groups is 1. The van der Waals surface area contributed by atoms with Gasteiger partial charge in [0.2, 0.25) is 0 Å². The number of hydrogen-bond acceptors (Lipinski definition) is 4. The van der Waals surface area contributed by atoms with Crippen LogP contribution in [0.4, 0.5) is 5.69 Å². The third-order valence-corrected chi connectivity index (χ3v) is 3.76. The highest BCUT2D eigenvalue weighted by atomic mass is 79.9. The summed E-state index contributed by atoms with van der Waals surface area (Å²) in [7, 11) is 0. The van der Waals surface area contributed by atoms with E-state index >= 15 is 0 Å². The largest absolute Gasteiger partial charge is 0.300 e. The van der Waals surface area contributed by atoms with Crippen molar-refractivity contribution in [3.05, 3.63) is 71.5 Å². The highest BCUT2D eigenvalue weighted by Crippen LogP contribution is 2.16. The molecule has 8 heteroatoms. The lowest BCUT2D eigenvalue weighted by Gasteiger charge is -2.06. The Balaban J connectivity index is 2.37. The van der Waals surface area contributed by atoms with Gasteiger partial charge in [0.1, 0.15) is 0 Å². The Morgan fingerprint density at radius 3 is 2.62 bits per heavy atom. The van der Waals surface area contributed by atoms with Crippen LogP contribution in [0.15, 0.2) is 50.3 Å². The van der Waals surface area contributed by atoms with Crippen molar-refractivity contribution in [1.29, 1.82) is 0 Å². The molecule has 0 atom stereocenters.